The average Bonchev–Trinajstić information content (AvgIpc) is 3.22. The van der Waals surface area contributed by atoms with Crippen LogP contribution in [0.4, 0.5) is 4.39 Å². The molecular weight excluding hydrogens is 538 g/mol. The molecule has 1 aliphatic rings. The lowest BCUT2D eigenvalue weighted by atomic mass is 10.1. The lowest BCUT2D eigenvalue weighted by molar-refractivity contribution is 0.347. The molecule has 0 aliphatic carbocycles. The number of aliphatic imine (C=N–C) groups is 1. The number of nitrogens with zero attached hydrogens (tertiary/aromatic N) is 2. The van der Waals surface area contributed by atoms with E-state index in [0.717, 1.165) is 36.1 Å². The number of halogens is 2. The zero-order valence-corrected chi connectivity index (χ0v) is 20.9. The van der Waals surface area contributed by atoms with Crippen LogP contribution in [0.15, 0.2) is 45.6 Å². The number of hydrogen-bond acceptors (Lipinski definition) is 4. The Labute approximate surface area is 199 Å². The van der Waals surface area contributed by atoms with Gasteiger partial charge in [0.05, 0.1) is 6.54 Å². The van der Waals surface area contributed by atoms with Crippen LogP contribution in [-0.2, 0) is 23.0 Å². The van der Waals surface area contributed by atoms with E-state index in [2.05, 4.69) is 15.6 Å². The molecule has 1 saturated heterocycles. The van der Waals surface area contributed by atoms with Crippen molar-refractivity contribution in [2.24, 2.45) is 4.99 Å². The molecule has 30 heavy (non-hydrogen) atoms. The van der Waals surface area contributed by atoms with Crippen molar-refractivity contribution < 1.29 is 12.8 Å². The van der Waals surface area contributed by atoms with Crippen molar-refractivity contribution in [3.63, 3.8) is 0 Å². The Hall–Kier alpha value is -1.24. The fourth-order valence-corrected chi connectivity index (χ4v) is 6.16. The van der Waals surface area contributed by atoms with Crippen molar-refractivity contribution >= 4 is 51.3 Å². The van der Waals surface area contributed by atoms with E-state index in [4.69, 9.17) is 0 Å². The number of nitrogens with one attached hydrogen (secondary N) is 2. The van der Waals surface area contributed by atoms with E-state index in [1.165, 1.54) is 23.5 Å². The molecule has 1 aromatic heterocycles. The first-order valence-electron chi connectivity index (χ1n) is 9.77. The van der Waals surface area contributed by atoms with Crippen LogP contribution in [0, 0.1) is 5.82 Å². The molecule has 1 aliphatic heterocycles. The van der Waals surface area contributed by atoms with Gasteiger partial charge in [-0.15, -0.1) is 35.3 Å². The predicted octanol–water partition coefficient (Wildman–Crippen LogP) is 3.59. The number of sulfonamides is 1. The minimum atomic E-state index is -3.38. The second-order valence-corrected chi connectivity index (χ2v) is 10.2. The summed E-state index contributed by atoms with van der Waals surface area (Å²) in [6.07, 6.45) is 3.70. The molecule has 0 radical (unpaired) electrons. The zero-order valence-electron chi connectivity index (χ0n) is 16.9. The minimum absolute atomic E-state index is 0. The van der Waals surface area contributed by atoms with E-state index in [9.17, 15) is 12.8 Å². The Morgan fingerprint density at radius 3 is 2.47 bits per heavy atom. The topological polar surface area (TPSA) is 73.8 Å². The van der Waals surface area contributed by atoms with Crippen molar-refractivity contribution in [1.82, 2.24) is 14.9 Å². The van der Waals surface area contributed by atoms with Gasteiger partial charge in [-0.2, -0.15) is 4.31 Å². The van der Waals surface area contributed by atoms with Gasteiger partial charge in [-0.05, 0) is 49.1 Å². The quantitative estimate of drug-likeness (QED) is 0.306. The Balaban J connectivity index is 0.00000320. The summed E-state index contributed by atoms with van der Waals surface area (Å²) < 4.78 is 40.4. The second-order valence-electron chi connectivity index (χ2n) is 6.91. The summed E-state index contributed by atoms with van der Waals surface area (Å²) in [4.78, 5) is 5.12. The number of guanidine groups is 1. The largest absolute Gasteiger partial charge is 0.356 e. The maximum atomic E-state index is 13.0. The summed E-state index contributed by atoms with van der Waals surface area (Å²) >= 11 is 1.30. The van der Waals surface area contributed by atoms with Crippen LogP contribution < -0.4 is 10.6 Å². The van der Waals surface area contributed by atoms with E-state index in [0.29, 0.717) is 36.3 Å². The average molecular weight is 567 g/mol. The van der Waals surface area contributed by atoms with E-state index >= 15 is 0 Å². The Morgan fingerprint density at radius 1 is 1.10 bits per heavy atom. The van der Waals surface area contributed by atoms with Gasteiger partial charge < -0.3 is 10.6 Å². The molecular formula is C20H28FIN4O2S2. The lowest BCUT2D eigenvalue weighted by Gasteiger charge is -2.25. The van der Waals surface area contributed by atoms with Crippen LogP contribution in [0.25, 0.3) is 0 Å². The van der Waals surface area contributed by atoms with Crippen LogP contribution in [0.2, 0.25) is 0 Å². The third kappa shape index (κ3) is 6.89. The normalized spacial score (nSPS) is 15.5. The summed E-state index contributed by atoms with van der Waals surface area (Å²) in [5.41, 5.74) is 1.04. The van der Waals surface area contributed by atoms with Gasteiger partial charge in [0.2, 0.25) is 0 Å². The summed E-state index contributed by atoms with van der Waals surface area (Å²) in [6.45, 7) is 2.37. The third-order valence-corrected chi connectivity index (χ3v) is 8.27. The van der Waals surface area contributed by atoms with Gasteiger partial charge >= 0.3 is 0 Å². The number of piperidine rings is 1. The van der Waals surface area contributed by atoms with Gasteiger partial charge in [0.1, 0.15) is 10.0 Å². The van der Waals surface area contributed by atoms with Gasteiger partial charge in [-0.25, -0.2) is 12.8 Å². The molecule has 0 amide bonds. The molecule has 166 valence electrons. The fraction of sp³-hybridized carbons (Fsp3) is 0.450. The number of thiophene rings is 1. The maximum absolute atomic E-state index is 13.0. The molecule has 1 fully saturated rings. The molecule has 2 N–H and O–H groups in total. The van der Waals surface area contributed by atoms with Crippen molar-refractivity contribution in [3.05, 3.63) is 52.7 Å². The smallest absolute Gasteiger partial charge is 0.252 e. The second kappa shape index (κ2) is 12.0. The molecule has 0 spiro atoms. The van der Waals surface area contributed by atoms with Crippen LogP contribution in [0.1, 0.15) is 29.7 Å². The van der Waals surface area contributed by atoms with Crippen molar-refractivity contribution in [1.29, 1.82) is 0 Å². The highest BCUT2D eigenvalue weighted by Crippen LogP contribution is 2.27. The fourth-order valence-electron chi connectivity index (χ4n) is 3.19. The highest BCUT2D eigenvalue weighted by molar-refractivity contribution is 14.0. The monoisotopic (exact) mass is 566 g/mol. The summed E-state index contributed by atoms with van der Waals surface area (Å²) in [5.74, 6) is 0.401. The molecule has 0 atom stereocenters. The molecule has 6 nitrogen and oxygen atoms in total. The van der Waals surface area contributed by atoms with Crippen LogP contribution >= 0.6 is 35.3 Å². The first-order chi connectivity index (χ1) is 14.0. The predicted molar refractivity (Wildman–Crippen MR) is 131 cm³/mol. The van der Waals surface area contributed by atoms with E-state index in [-0.39, 0.29) is 29.8 Å². The third-order valence-electron chi connectivity index (χ3n) is 4.82. The highest BCUT2D eigenvalue weighted by Gasteiger charge is 2.27. The Bertz CT molecular complexity index is 927. The first kappa shape index (κ1) is 25.0. The Kier molecular flexibility index (Phi) is 9.98. The molecule has 2 heterocycles. The van der Waals surface area contributed by atoms with Crippen molar-refractivity contribution in [2.75, 3.05) is 26.7 Å². The number of rotatable bonds is 7. The first-order valence-corrected chi connectivity index (χ1v) is 12.0. The number of hydrogen-bond donors (Lipinski definition) is 2. The van der Waals surface area contributed by atoms with Gasteiger partial charge in [0.25, 0.3) is 10.0 Å². The summed E-state index contributed by atoms with van der Waals surface area (Å²) in [7, 11) is -1.69. The van der Waals surface area contributed by atoms with Crippen LogP contribution in [0.5, 0.6) is 0 Å². The van der Waals surface area contributed by atoms with Crippen LogP contribution in [0.3, 0.4) is 0 Å². The highest BCUT2D eigenvalue weighted by atomic mass is 127. The maximum Gasteiger partial charge on any atom is 0.252 e. The van der Waals surface area contributed by atoms with E-state index in [1.54, 1.807) is 29.6 Å². The molecule has 0 unspecified atom stereocenters. The van der Waals surface area contributed by atoms with Crippen molar-refractivity contribution in [2.45, 2.75) is 36.4 Å². The van der Waals surface area contributed by atoms with Gasteiger partial charge in [-0.1, -0.05) is 18.6 Å². The molecule has 2 aromatic rings. The molecule has 0 saturated carbocycles. The molecule has 0 bridgehead atoms. The van der Waals surface area contributed by atoms with Gasteiger partial charge in [-0.3, -0.25) is 4.99 Å². The SMILES string of the molecule is CN=C(NCCc1ccc(F)cc1)NCc1ccc(S(=O)(=O)N2CCCCC2)s1.I. The van der Waals surface area contributed by atoms with Gasteiger partial charge in [0, 0.05) is 31.6 Å². The van der Waals surface area contributed by atoms with E-state index in [1.807, 2.05) is 6.07 Å². The van der Waals surface area contributed by atoms with E-state index < -0.39 is 10.0 Å². The molecule has 10 heteroatoms. The van der Waals surface area contributed by atoms with Gasteiger partial charge in [0.15, 0.2) is 5.96 Å². The minimum Gasteiger partial charge on any atom is -0.356 e. The number of benzene rings is 1. The molecule has 3 rings (SSSR count). The van der Waals surface area contributed by atoms with Crippen LogP contribution in [-0.4, -0.2) is 45.4 Å². The standard InChI is InChI=1S/C20H27FN4O2S2.HI/c1-22-20(23-12-11-16-5-7-17(21)8-6-16)24-15-18-9-10-19(28-18)29(26,27)25-13-3-2-4-14-25;/h5-10H,2-4,11-15H2,1H3,(H2,22,23,24);1H. The van der Waals surface area contributed by atoms with Crippen molar-refractivity contribution in [3.8, 4) is 0 Å². The molecule has 1 aromatic carbocycles. The summed E-state index contributed by atoms with van der Waals surface area (Å²) in [5, 5.41) is 6.42. The Morgan fingerprint density at radius 2 is 1.80 bits per heavy atom. The zero-order chi connectivity index (χ0) is 20.7. The lowest BCUT2D eigenvalue weighted by Crippen LogP contribution is -2.37. The summed E-state index contributed by atoms with van der Waals surface area (Å²) in [6, 6.07) is 9.98.